The van der Waals surface area contributed by atoms with E-state index in [1.54, 1.807) is 30.9 Å². The fourth-order valence-corrected chi connectivity index (χ4v) is 1.79. The van der Waals surface area contributed by atoms with Crippen molar-refractivity contribution in [1.29, 1.82) is 0 Å². The number of rotatable bonds is 5. The van der Waals surface area contributed by atoms with Gasteiger partial charge in [-0.2, -0.15) is 11.8 Å². The summed E-state index contributed by atoms with van der Waals surface area (Å²) in [6.07, 6.45) is 2.05. The summed E-state index contributed by atoms with van der Waals surface area (Å²) >= 11 is 1.77. The maximum Gasteiger partial charge on any atom is 0.271 e. The SMILES string of the molecule is CNC(=O)c1ccc(NC(C)CSC)nn1. The first-order valence-electron chi connectivity index (χ1n) is 4.98. The molecular formula is C10H16N4OS. The second-order valence-corrected chi connectivity index (χ2v) is 4.29. The first-order chi connectivity index (χ1) is 7.67. The monoisotopic (exact) mass is 240 g/mol. The van der Waals surface area contributed by atoms with Crippen molar-refractivity contribution in [1.82, 2.24) is 15.5 Å². The Hall–Kier alpha value is -1.30. The molecule has 0 bridgehead atoms. The van der Waals surface area contributed by atoms with Crippen LogP contribution in [-0.2, 0) is 0 Å². The van der Waals surface area contributed by atoms with Crippen molar-refractivity contribution < 1.29 is 4.79 Å². The number of thioether (sulfide) groups is 1. The van der Waals surface area contributed by atoms with Crippen LogP contribution in [0.15, 0.2) is 12.1 Å². The molecule has 0 spiro atoms. The summed E-state index contributed by atoms with van der Waals surface area (Å²) in [4.78, 5) is 11.2. The van der Waals surface area contributed by atoms with Crippen LogP contribution in [0.1, 0.15) is 17.4 Å². The van der Waals surface area contributed by atoms with Gasteiger partial charge in [0.25, 0.3) is 5.91 Å². The minimum atomic E-state index is -0.226. The molecule has 0 aliphatic rings. The second-order valence-electron chi connectivity index (χ2n) is 3.38. The van der Waals surface area contributed by atoms with Crippen LogP contribution in [0.3, 0.4) is 0 Å². The number of hydrogen-bond donors (Lipinski definition) is 2. The molecule has 1 amide bonds. The van der Waals surface area contributed by atoms with E-state index in [4.69, 9.17) is 0 Å². The van der Waals surface area contributed by atoms with Gasteiger partial charge in [-0.3, -0.25) is 4.79 Å². The zero-order valence-corrected chi connectivity index (χ0v) is 10.5. The van der Waals surface area contributed by atoms with Gasteiger partial charge in [-0.25, -0.2) is 0 Å². The van der Waals surface area contributed by atoms with Crippen LogP contribution >= 0.6 is 11.8 Å². The fourth-order valence-electron chi connectivity index (χ4n) is 1.20. The van der Waals surface area contributed by atoms with Crippen LogP contribution in [0, 0.1) is 0 Å². The third-order valence-electron chi connectivity index (χ3n) is 1.94. The molecule has 0 saturated carbocycles. The number of carbonyl (C=O) groups excluding carboxylic acids is 1. The molecule has 0 aliphatic carbocycles. The van der Waals surface area contributed by atoms with Crippen LogP contribution in [0.4, 0.5) is 5.82 Å². The standard InChI is InChI=1S/C10H16N4OS/c1-7(6-16-3)12-9-5-4-8(13-14-9)10(15)11-2/h4-5,7H,6H2,1-3H3,(H,11,15)(H,12,14). The third kappa shape index (κ3) is 3.69. The van der Waals surface area contributed by atoms with E-state index in [1.165, 1.54) is 0 Å². The topological polar surface area (TPSA) is 66.9 Å². The highest BCUT2D eigenvalue weighted by Crippen LogP contribution is 2.06. The van der Waals surface area contributed by atoms with Gasteiger partial charge in [0.15, 0.2) is 5.69 Å². The molecule has 1 unspecified atom stereocenters. The molecule has 1 rings (SSSR count). The summed E-state index contributed by atoms with van der Waals surface area (Å²) in [5.41, 5.74) is 0.325. The number of aromatic nitrogens is 2. The minimum Gasteiger partial charge on any atom is -0.365 e. The molecule has 1 aromatic rings. The molecule has 0 aliphatic heterocycles. The Balaban J connectivity index is 2.61. The molecule has 1 aromatic heterocycles. The summed E-state index contributed by atoms with van der Waals surface area (Å²) in [5.74, 6) is 1.46. The van der Waals surface area contributed by atoms with Crippen LogP contribution in [-0.4, -0.2) is 41.2 Å². The molecular weight excluding hydrogens is 224 g/mol. The highest BCUT2D eigenvalue weighted by atomic mass is 32.2. The van der Waals surface area contributed by atoms with Gasteiger partial charge < -0.3 is 10.6 Å². The number of carbonyl (C=O) groups is 1. The lowest BCUT2D eigenvalue weighted by Crippen LogP contribution is -2.21. The summed E-state index contributed by atoms with van der Waals surface area (Å²) in [6.45, 7) is 2.07. The Morgan fingerprint density at radius 1 is 1.50 bits per heavy atom. The maximum absolute atomic E-state index is 11.2. The Labute approximate surface area is 99.4 Å². The Bertz CT molecular complexity index is 341. The van der Waals surface area contributed by atoms with E-state index in [9.17, 15) is 4.79 Å². The van der Waals surface area contributed by atoms with Crippen LogP contribution in [0.25, 0.3) is 0 Å². The van der Waals surface area contributed by atoms with Crippen molar-refractivity contribution in [3.63, 3.8) is 0 Å². The van der Waals surface area contributed by atoms with E-state index < -0.39 is 0 Å². The zero-order valence-electron chi connectivity index (χ0n) is 9.65. The second kappa shape index (κ2) is 6.32. The normalized spacial score (nSPS) is 11.9. The number of nitrogens with one attached hydrogen (secondary N) is 2. The van der Waals surface area contributed by atoms with Gasteiger partial charge >= 0.3 is 0 Å². The fraction of sp³-hybridized carbons (Fsp3) is 0.500. The van der Waals surface area contributed by atoms with E-state index in [0.717, 1.165) is 5.75 Å². The molecule has 0 aromatic carbocycles. The van der Waals surface area contributed by atoms with E-state index in [-0.39, 0.29) is 5.91 Å². The van der Waals surface area contributed by atoms with Gasteiger partial charge in [0.1, 0.15) is 5.82 Å². The van der Waals surface area contributed by atoms with Crippen molar-refractivity contribution in [2.24, 2.45) is 0 Å². The molecule has 88 valence electrons. The van der Waals surface area contributed by atoms with Crippen molar-refractivity contribution in [3.05, 3.63) is 17.8 Å². The Morgan fingerprint density at radius 3 is 2.75 bits per heavy atom. The molecule has 5 nitrogen and oxygen atoms in total. The summed E-state index contributed by atoms with van der Waals surface area (Å²) in [6, 6.07) is 3.74. The Morgan fingerprint density at radius 2 is 2.25 bits per heavy atom. The Kier molecular flexibility index (Phi) is 5.04. The third-order valence-corrected chi connectivity index (χ3v) is 2.77. The van der Waals surface area contributed by atoms with Gasteiger partial charge in [-0.15, -0.1) is 10.2 Å². The van der Waals surface area contributed by atoms with Crippen LogP contribution in [0.2, 0.25) is 0 Å². The van der Waals surface area contributed by atoms with Gasteiger partial charge in [-0.05, 0) is 25.3 Å². The number of anilines is 1. The van der Waals surface area contributed by atoms with Gasteiger partial charge in [0, 0.05) is 18.8 Å². The molecule has 0 saturated heterocycles. The average molecular weight is 240 g/mol. The van der Waals surface area contributed by atoms with Crippen molar-refractivity contribution in [3.8, 4) is 0 Å². The predicted octanol–water partition coefficient (Wildman–Crippen LogP) is 1.000. The lowest BCUT2D eigenvalue weighted by Gasteiger charge is -2.12. The van der Waals surface area contributed by atoms with E-state index >= 15 is 0 Å². The highest BCUT2D eigenvalue weighted by Gasteiger charge is 2.06. The summed E-state index contributed by atoms with van der Waals surface area (Å²) < 4.78 is 0. The molecule has 2 N–H and O–H groups in total. The van der Waals surface area contributed by atoms with Crippen molar-refractivity contribution in [2.75, 3.05) is 24.4 Å². The number of nitrogens with zero attached hydrogens (tertiary/aromatic N) is 2. The van der Waals surface area contributed by atoms with E-state index in [1.807, 2.05) is 0 Å². The van der Waals surface area contributed by atoms with Gasteiger partial charge in [0.2, 0.25) is 0 Å². The van der Waals surface area contributed by atoms with E-state index in [2.05, 4.69) is 34.0 Å². The van der Waals surface area contributed by atoms with Crippen LogP contribution < -0.4 is 10.6 Å². The largest absolute Gasteiger partial charge is 0.365 e. The van der Waals surface area contributed by atoms with E-state index in [0.29, 0.717) is 17.6 Å². The van der Waals surface area contributed by atoms with Gasteiger partial charge in [-0.1, -0.05) is 0 Å². The quantitative estimate of drug-likeness (QED) is 0.803. The first kappa shape index (κ1) is 12.8. The van der Waals surface area contributed by atoms with Crippen molar-refractivity contribution in [2.45, 2.75) is 13.0 Å². The molecule has 6 heteroatoms. The summed E-state index contributed by atoms with van der Waals surface area (Å²) in [5, 5.41) is 13.5. The first-order valence-corrected chi connectivity index (χ1v) is 6.38. The van der Waals surface area contributed by atoms with Crippen molar-refractivity contribution >= 4 is 23.5 Å². The molecule has 0 radical (unpaired) electrons. The number of hydrogen-bond acceptors (Lipinski definition) is 5. The maximum atomic E-state index is 11.2. The average Bonchev–Trinajstić information content (AvgIpc) is 2.29. The molecule has 1 heterocycles. The summed E-state index contributed by atoms with van der Waals surface area (Å²) in [7, 11) is 1.57. The molecule has 1 atom stereocenters. The van der Waals surface area contributed by atoms with Crippen LogP contribution in [0.5, 0.6) is 0 Å². The zero-order chi connectivity index (χ0) is 12.0. The molecule has 0 fully saturated rings. The highest BCUT2D eigenvalue weighted by molar-refractivity contribution is 7.98. The number of amides is 1. The smallest absolute Gasteiger partial charge is 0.271 e. The van der Waals surface area contributed by atoms with Gasteiger partial charge in [0.05, 0.1) is 0 Å². The molecule has 16 heavy (non-hydrogen) atoms. The predicted molar refractivity (Wildman–Crippen MR) is 66.9 cm³/mol. The minimum absolute atomic E-state index is 0.226. The lowest BCUT2D eigenvalue weighted by molar-refractivity contribution is 0.0957. The lowest BCUT2D eigenvalue weighted by atomic mass is 10.3.